The van der Waals surface area contributed by atoms with Crippen LogP contribution in [0.3, 0.4) is 0 Å². The third-order valence-electron chi connectivity index (χ3n) is 3.13. The molecule has 106 valence electrons. The van der Waals surface area contributed by atoms with Crippen LogP contribution in [0.15, 0.2) is 36.7 Å². The molecule has 0 spiro atoms. The van der Waals surface area contributed by atoms with Crippen LogP contribution in [0.5, 0.6) is 0 Å². The lowest BCUT2D eigenvalue weighted by molar-refractivity contribution is 0.0697. The Morgan fingerprint density at radius 3 is 2.81 bits per heavy atom. The predicted molar refractivity (Wildman–Crippen MR) is 87.9 cm³/mol. The lowest BCUT2D eigenvalue weighted by Crippen LogP contribution is -2.05. The normalized spacial score (nSPS) is 10.8. The minimum atomic E-state index is -1.03. The number of carboxylic acid groups (broad SMARTS) is 1. The smallest absolute Gasteiger partial charge is 0.339 e. The van der Waals surface area contributed by atoms with Gasteiger partial charge in [-0.1, -0.05) is 12.1 Å². The first-order valence-corrected chi connectivity index (χ1v) is 7.21. The summed E-state index contributed by atoms with van der Waals surface area (Å²) in [6, 6.07) is 7.67. The number of fused-ring (bicyclic) bond motifs is 1. The molecule has 0 bridgehead atoms. The minimum Gasteiger partial charge on any atom is -0.478 e. The van der Waals surface area contributed by atoms with Gasteiger partial charge in [0.2, 0.25) is 0 Å². The molecule has 3 aromatic rings. The third kappa shape index (κ3) is 2.44. The number of rotatable bonds is 3. The van der Waals surface area contributed by atoms with Gasteiger partial charge in [-0.25, -0.2) is 9.78 Å². The van der Waals surface area contributed by atoms with Gasteiger partial charge in [-0.05, 0) is 34.7 Å². The SMILES string of the molecule is Cn1ncc2c(Nc3ccccc3I)c(C(=O)O)cnc21. The highest BCUT2D eigenvalue weighted by atomic mass is 127. The Kier molecular flexibility index (Phi) is 3.50. The van der Waals surface area contributed by atoms with Gasteiger partial charge in [-0.3, -0.25) is 4.68 Å². The number of aryl methyl sites for hydroxylation is 1. The van der Waals surface area contributed by atoms with E-state index >= 15 is 0 Å². The monoisotopic (exact) mass is 394 g/mol. The molecule has 0 fully saturated rings. The molecular formula is C14H11IN4O2. The largest absolute Gasteiger partial charge is 0.478 e. The summed E-state index contributed by atoms with van der Waals surface area (Å²) in [5.74, 6) is -1.03. The van der Waals surface area contributed by atoms with E-state index in [2.05, 4.69) is 38.0 Å². The van der Waals surface area contributed by atoms with Gasteiger partial charge in [0.25, 0.3) is 0 Å². The second-order valence-corrected chi connectivity index (χ2v) is 5.62. The molecule has 1 aromatic carbocycles. The number of halogens is 1. The van der Waals surface area contributed by atoms with Crippen LogP contribution in [-0.2, 0) is 7.05 Å². The van der Waals surface area contributed by atoms with E-state index in [1.54, 1.807) is 17.9 Å². The molecule has 0 amide bonds. The number of hydrogen-bond donors (Lipinski definition) is 2. The number of carboxylic acids is 1. The number of carbonyl (C=O) groups is 1. The van der Waals surface area contributed by atoms with Crippen LogP contribution >= 0.6 is 22.6 Å². The number of aromatic carboxylic acids is 1. The number of anilines is 2. The molecule has 0 unspecified atom stereocenters. The standard InChI is InChI=1S/C14H11IN4O2/c1-19-13-8(7-17-19)12(9(6-16-13)14(20)21)18-11-5-3-2-4-10(11)15/h2-7H,1H3,(H,16,18)(H,20,21). The number of nitrogens with zero attached hydrogens (tertiary/aromatic N) is 3. The lowest BCUT2D eigenvalue weighted by atomic mass is 10.1. The first-order chi connectivity index (χ1) is 10.1. The van der Waals surface area contributed by atoms with Gasteiger partial charge in [0.05, 0.1) is 23.0 Å². The van der Waals surface area contributed by atoms with Crippen LogP contribution in [0.4, 0.5) is 11.4 Å². The molecule has 2 aromatic heterocycles. The first-order valence-electron chi connectivity index (χ1n) is 6.13. The Morgan fingerprint density at radius 2 is 2.10 bits per heavy atom. The summed E-state index contributed by atoms with van der Waals surface area (Å²) in [5, 5.41) is 17.4. The van der Waals surface area contributed by atoms with E-state index in [0.29, 0.717) is 16.7 Å². The fraction of sp³-hybridized carbons (Fsp3) is 0.0714. The quantitative estimate of drug-likeness (QED) is 0.668. The van der Waals surface area contributed by atoms with Crippen molar-refractivity contribution in [2.45, 2.75) is 0 Å². The van der Waals surface area contributed by atoms with E-state index in [4.69, 9.17) is 0 Å². The van der Waals surface area contributed by atoms with Crippen molar-refractivity contribution < 1.29 is 9.90 Å². The summed E-state index contributed by atoms with van der Waals surface area (Å²) in [6.45, 7) is 0. The van der Waals surface area contributed by atoms with Crippen molar-refractivity contribution in [2.75, 3.05) is 5.32 Å². The van der Waals surface area contributed by atoms with Crippen molar-refractivity contribution >= 4 is 51.0 Å². The zero-order valence-corrected chi connectivity index (χ0v) is 13.2. The average Bonchev–Trinajstić information content (AvgIpc) is 2.83. The van der Waals surface area contributed by atoms with E-state index in [0.717, 1.165) is 9.26 Å². The van der Waals surface area contributed by atoms with E-state index < -0.39 is 5.97 Å². The highest BCUT2D eigenvalue weighted by Crippen LogP contribution is 2.30. The van der Waals surface area contributed by atoms with Crippen LogP contribution in [-0.4, -0.2) is 25.8 Å². The van der Waals surface area contributed by atoms with Gasteiger partial charge >= 0.3 is 5.97 Å². The Labute approximate surface area is 133 Å². The first kappa shape index (κ1) is 13.8. The van der Waals surface area contributed by atoms with Crippen molar-refractivity contribution in [2.24, 2.45) is 7.05 Å². The van der Waals surface area contributed by atoms with Crippen LogP contribution in [0.25, 0.3) is 11.0 Å². The molecule has 3 rings (SSSR count). The van der Waals surface area contributed by atoms with Crippen LogP contribution < -0.4 is 5.32 Å². The van der Waals surface area contributed by atoms with E-state index in [-0.39, 0.29) is 5.56 Å². The minimum absolute atomic E-state index is 0.121. The summed E-state index contributed by atoms with van der Waals surface area (Å²) in [4.78, 5) is 15.6. The summed E-state index contributed by atoms with van der Waals surface area (Å²) in [7, 11) is 1.77. The van der Waals surface area contributed by atoms with Gasteiger partial charge in [0.15, 0.2) is 5.65 Å². The maximum Gasteiger partial charge on any atom is 0.339 e. The predicted octanol–water partition coefficient (Wildman–Crippen LogP) is 3.01. The van der Waals surface area contributed by atoms with E-state index in [9.17, 15) is 9.90 Å². The van der Waals surface area contributed by atoms with Gasteiger partial charge in [-0.15, -0.1) is 0 Å². The highest BCUT2D eigenvalue weighted by molar-refractivity contribution is 14.1. The van der Waals surface area contributed by atoms with Crippen LogP contribution in [0.2, 0.25) is 0 Å². The molecule has 0 aliphatic carbocycles. The second-order valence-electron chi connectivity index (χ2n) is 4.46. The molecule has 0 saturated heterocycles. The molecule has 2 N–H and O–H groups in total. The topological polar surface area (TPSA) is 80.0 Å². The van der Waals surface area contributed by atoms with Crippen molar-refractivity contribution in [1.82, 2.24) is 14.8 Å². The second kappa shape index (κ2) is 5.32. The summed E-state index contributed by atoms with van der Waals surface area (Å²) >= 11 is 2.20. The molecule has 0 saturated carbocycles. The summed E-state index contributed by atoms with van der Waals surface area (Å²) in [6.07, 6.45) is 2.97. The Bertz CT molecular complexity index is 844. The van der Waals surface area contributed by atoms with Crippen molar-refractivity contribution in [3.05, 3.63) is 45.8 Å². The van der Waals surface area contributed by atoms with Crippen LogP contribution in [0, 0.1) is 3.57 Å². The molecule has 2 heterocycles. The molecule has 0 aliphatic heterocycles. The lowest BCUT2D eigenvalue weighted by Gasteiger charge is -2.12. The van der Waals surface area contributed by atoms with Crippen molar-refractivity contribution in [3.8, 4) is 0 Å². The fourth-order valence-corrected chi connectivity index (χ4v) is 2.61. The van der Waals surface area contributed by atoms with Gasteiger partial charge in [0.1, 0.15) is 5.56 Å². The molecule has 6 nitrogen and oxygen atoms in total. The Hall–Kier alpha value is -2.16. The number of benzene rings is 1. The molecule has 0 atom stereocenters. The Balaban J connectivity index is 2.21. The molecular weight excluding hydrogens is 383 g/mol. The van der Waals surface area contributed by atoms with Crippen molar-refractivity contribution in [3.63, 3.8) is 0 Å². The summed E-state index contributed by atoms with van der Waals surface area (Å²) in [5.41, 5.74) is 2.10. The third-order valence-corrected chi connectivity index (χ3v) is 4.07. The zero-order valence-electron chi connectivity index (χ0n) is 11.0. The number of para-hydroxylation sites is 1. The highest BCUT2D eigenvalue weighted by Gasteiger charge is 2.17. The van der Waals surface area contributed by atoms with Crippen LogP contribution in [0.1, 0.15) is 10.4 Å². The summed E-state index contributed by atoms with van der Waals surface area (Å²) < 4.78 is 2.61. The maximum atomic E-state index is 11.4. The Morgan fingerprint density at radius 1 is 1.33 bits per heavy atom. The molecule has 0 radical (unpaired) electrons. The van der Waals surface area contributed by atoms with Gasteiger partial charge in [-0.2, -0.15) is 5.10 Å². The number of hydrogen-bond acceptors (Lipinski definition) is 4. The van der Waals surface area contributed by atoms with E-state index in [1.165, 1.54) is 6.20 Å². The number of nitrogens with one attached hydrogen (secondary N) is 1. The molecule has 7 heteroatoms. The molecule has 21 heavy (non-hydrogen) atoms. The fourth-order valence-electron chi connectivity index (χ4n) is 2.09. The van der Waals surface area contributed by atoms with Gasteiger partial charge < -0.3 is 10.4 Å². The van der Waals surface area contributed by atoms with Gasteiger partial charge in [0, 0.05) is 16.8 Å². The van der Waals surface area contributed by atoms with Crippen molar-refractivity contribution in [1.29, 1.82) is 0 Å². The number of aromatic nitrogens is 3. The zero-order chi connectivity index (χ0) is 15.0. The number of pyridine rings is 1. The maximum absolute atomic E-state index is 11.4. The molecule has 0 aliphatic rings. The van der Waals surface area contributed by atoms with E-state index in [1.807, 2.05) is 24.3 Å². The average molecular weight is 394 g/mol.